The number of fused-ring (bicyclic) bond motifs is 3. The highest BCUT2D eigenvalue weighted by atomic mass is 16.4. The quantitative estimate of drug-likeness (QED) is 0.646. The van der Waals surface area contributed by atoms with E-state index >= 15 is 0 Å². The zero-order chi connectivity index (χ0) is 17.6. The van der Waals surface area contributed by atoms with Gasteiger partial charge in [-0.25, -0.2) is 0 Å². The van der Waals surface area contributed by atoms with Crippen LogP contribution in [-0.2, 0) is 5.41 Å². The van der Waals surface area contributed by atoms with E-state index in [1.807, 2.05) is 12.1 Å². The molecule has 0 amide bonds. The van der Waals surface area contributed by atoms with Gasteiger partial charge in [-0.2, -0.15) is 0 Å². The molecule has 3 aromatic rings. The Labute approximate surface area is 148 Å². The molecular formula is C21H20BNO2. The first-order valence-electron chi connectivity index (χ1n) is 8.44. The van der Waals surface area contributed by atoms with Crippen molar-refractivity contribution in [3.05, 3.63) is 77.9 Å². The van der Waals surface area contributed by atoms with Crippen molar-refractivity contribution in [1.82, 2.24) is 0 Å². The lowest BCUT2D eigenvalue weighted by molar-refractivity contribution is 0.426. The summed E-state index contributed by atoms with van der Waals surface area (Å²) in [5.41, 5.74) is 7.70. The van der Waals surface area contributed by atoms with Gasteiger partial charge >= 0.3 is 7.12 Å². The van der Waals surface area contributed by atoms with Crippen molar-refractivity contribution in [3.8, 4) is 11.1 Å². The molecule has 0 spiro atoms. The van der Waals surface area contributed by atoms with Gasteiger partial charge in [-0.15, -0.1) is 0 Å². The minimum absolute atomic E-state index is 0.0194. The van der Waals surface area contributed by atoms with Crippen LogP contribution in [0, 0.1) is 0 Å². The van der Waals surface area contributed by atoms with E-state index in [1.165, 1.54) is 22.3 Å². The van der Waals surface area contributed by atoms with Crippen LogP contribution in [0.2, 0.25) is 0 Å². The summed E-state index contributed by atoms with van der Waals surface area (Å²) in [7, 11) is -1.44. The molecule has 0 unspecified atom stereocenters. The third kappa shape index (κ3) is 2.64. The van der Waals surface area contributed by atoms with Gasteiger partial charge in [-0.1, -0.05) is 56.3 Å². The lowest BCUT2D eigenvalue weighted by Gasteiger charge is -2.22. The first-order valence-corrected chi connectivity index (χ1v) is 8.44. The molecule has 0 aliphatic heterocycles. The second-order valence-electron chi connectivity index (χ2n) is 7.05. The van der Waals surface area contributed by atoms with Crippen molar-refractivity contribution in [2.45, 2.75) is 19.3 Å². The maximum atomic E-state index is 9.19. The van der Waals surface area contributed by atoms with Gasteiger partial charge in [0.25, 0.3) is 0 Å². The van der Waals surface area contributed by atoms with Crippen LogP contribution >= 0.6 is 0 Å². The molecule has 0 atom stereocenters. The number of hydrogen-bond acceptors (Lipinski definition) is 3. The average Bonchev–Trinajstić information content (AvgIpc) is 2.84. The van der Waals surface area contributed by atoms with Gasteiger partial charge in [0.15, 0.2) is 0 Å². The lowest BCUT2D eigenvalue weighted by Crippen LogP contribution is -2.29. The Hall–Kier alpha value is -2.56. The van der Waals surface area contributed by atoms with Crippen molar-refractivity contribution in [2.75, 3.05) is 5.32 Å². The molecule has 0 heterocycles. The summed E-state index contributed by atoms with van der Waals surface area (Å²) >= 11 is 0. The molecule has 0 saturated heterocycles. The summed E-state index contributed by atoms with van der Waals surface area (Å²) in [5.74, 6) is 0. The van der Waals surface area contributed by atoms with E-state index in [9.17, 15) is 10.0 Å². The summed E-state index contributed by atoms with van der Waals surface area (Å²) < 4.78 is 0. The lowest BCUT2D eigenvalue weighted by atomic mass is 9.80. The third-order valence-corrected chi connectivity index (χ3v) is 5.08. The number of benzene rings is 3. The minimum Gasteiger partial charge on any atom is -0.423 e. The van der Waals surface area contributed by atoms with Crippen LogP contribution in [0.5, 0.6) is 0 Å². The Balaban J connectivity index is 1.68. The largest absolute Gasteiger partial charge is 0.488 e. The summed E-state index contributed by atoms with van der Waals surface area (Å²) in [6, 6.07) is 22.2. The van der Waals surface area contributed by atoms with Gasteiger partial charge in [-0.05, 0) is 52.0 Å². The Morgan fingerprint density at radius 3 is 2.12 bits per heavy atom. The molecule has 0 aromatic heterocycles. The van der Waals surface area contributed by atoms with E-state index in [-0.39, 0.29) is 5.41 Å². The van der Waals surface area contributed by atoms with E-state index in [0.717, 1.165) is 11.4 Å². The average molecular weight is 329 g/mol. The predicted molar refractivity (Wildman–Crippen MR) is 104 cm³/mol. The Bertz CT molecular complexity index is 933. The molecule has 25 heavy (non-hydrogen) atoms. The van der Waals surface area contributed by atoms with E-state index < -0.39 is 7.12 Å². The van der Waals surface area contributed by atoms with Crippen LogP contribution < -0.4 is 10.8 Å². The monoisotopic (exact) mass is 329 g/mol. The van der Waals surface area contributed by atoms with Crippen molar-refractivity contribution in [3.63, 3.8) is 0 Å². The maximum Gasteiger partial charge on any atom is 0.488 e. The summed E-state index contributed by atoms with van der Waals surface area (Å²) in [4.78, 5) is 0. The predicted octanol–water partition coefficient (Wildman–Crippen LogP) is 3.42. The Kier molecular flexibility index (Phi) is 3.67. The molecule has 4 heteroatoms. The second kappa shape index (κ2) is 5.76. The zero-order valence-electron chi connectivity index (χ0n) is 14.3. The number of hydrogen-bond donors (Lipinski definition) is 3. The SMILES string of the molecule is CC1(C)c2ccccc2-c2ccc(Nc3ccc(B(O)O)cc3)cc21. The molecule has 4 rings (SSSR count). The highest BCUT2D eigenvalue weighted by molar-refractivity contribution is 6.58. The van der Waals surface area contributed by atoms with Gasteiger partial charge in [-0.3, -0.25) is 0 Å². The van der Waals surface area contributed by atoms with E-state index in [4.69, 9.17) is 0 Å². The highest BCUT2D eigenvalue weighted by Crippen LogP contribution is 2.49. The Morgan fingerprint density at radius 1 is 0.760 bits per heavy atom. The van der Waals surface area contributed by atoms with Gasteiger partial charge in [0.2, 0.25) is 0 Å². The van der Waals surface area contributed by atoms with Crippen molar-refractivity contribution in [2.24, 2.45) is 0 Å². The third-order valence-electron chi connectivity index (χ3n) is 5.08. The fraction of sp³-hybridized carbons (Fsp3) is 0.143. The molecule has 3 aromatic carbocycles. The summed E-state index contributed by atoms with van der Waals surface area (Å²) in [5, 5.41) is 21.8. The molecule has 0 saturated carbocycles. The van der Waals surface area contributed by atoms with Crippen molar-refractivity contribution < 1.29 is 10.0 Å². The van der Waals surface area contributed by atoms with Crippen molar-refractivity contribution >= 4 is 24.0 Å². The Morgan fingerprint density at radius 2 is 1.40 bits per heavy atom. The first-order chi connectivity index (χ1) is 12.0. The minimum atomic E-state index is -1.44. The fourth-order valence-corrected chi connectivity index (χ4v) is 3.69. The van der Waals surface area contributed by atoms with Crippen LogP contribution in [0.1, 0.15) is 25.0 Å². The zero-order valence-corrected chi connectivity index (χ0v) is 14.3. The van der Waals surface area contributed by atoms with E-state index in [0.29, 0.717) is 5.46 Å². The topological polar surface area (TPSA) is 52.5 Å². The van der Waals surface area contributed by atoms with Crippen LogP contribution in [0.4, 0.5) is 11.4 Å². The normalized spacial score (nSPS) is 13.9. The highest BCUT2D eigenvalue weighted by Gasteiger charge is 2.35. The summed E-state index contributed by atoms with van der Waals surface area (Å²) in [6.07, 6.45) is 0. The van der Waals surface area contributed by atoms with Gasteiger partial charge < -0.3 is 15.4 Å². The van der Waals surface area contributed by atoms with E-state index in [1.54, 1.807) is 12.1 Å². The number of nitrogens with one attached hydrogen (secondary N) is 1. The molecule has 0 fully saturated rings. The maximum absolute atomic E-state index is 9.19. The fourth-order valence-electron chi connectivity index (χ4n) is 3.69. The first kappa shape index (κ1) is 15.9. The van der Waals surface area contributed by atoms with Gasteiger partial charge in [0.1, 0.15) is 0 Å². The molecular weight excluding hydrogens is 309 g/mol. The van der Waals surface area contributed by atoms with E-state index in [2.05, 4.69) is 61.6 Å². The van der Waals surface area contributed by atoms with Gasteiger partial charge in [0, 0.05) is 16.8 Å². The van der Waals surface area contributed by atoms with Crippen LogP contribution in [0.25, 0.3) is 11.1 Å². The molecule has 0 radical (unpaired) electrons. The molecule has 1 aliphatic carbocycles. The molecule has 1 aliphatic rings. The smallest absolute Gasteiger partial charge is 0.423 e. The van der Waals surface area contributed by atoms with Crippen molar-refractivity contribution in [1.29, 1.82) is 0 Å². The summed E-state index contributed by atoms with van der Waals surface area (Å²) in [6.45, 7) is 4.53. The standard InChI is InChI=1S/C21H20BNO2/c1-21(2)19-6-4-3-5-17(19)18-12-11-16(13-20(18)21)23-15-9-7-14(8-10-15)22(24)25/h3-13,23-25H,1-2H3. The number of anilines is 2. The molecule has 124 valence electrons. The molecule has 3 N–H and O–H groups in total. The van der Waals surface area contributed by atoms with Gasteiger partial charge in [0.05, 0.1) is 0 Å². The second-order valence-corrected chi connectivity index (χ2v) is 7.05. The number of rotatable bonds is 3. The van der Waals surface area contributed by atoms with Crippen LogP contribution in [0.15, 0.2) is 66.7 Å². The molecule has 0 bridgehead atoms. The molecule has 3 nitrogen and oxygen atoms in total. The van der Waals surface area contributed by atoms with Crippen LogP contribution in [0.3, 0.4) is 0 Å². The van der Waals surface area contributed by atoms with Crippen LogP contribution in [-0.4, -0.2) is 17.2 Å².